The van der Waals surface area contributed by atoms with Gasteiger partial charge in [0, 0.05) is 41.4 Å². The molecule has 0 atom stereocenters. The van der Waals surface area contributed by atoms with E-state index in [0.29, 0.717) is 6.54 Å². The highest BCUT2D eigenvalue weighted by molar-refractivity contribution is 6.08. The van der Waals surface area contributed by atoms with E-state index < -0.39 is 0 Å². The van der Waals surface area contributed by atoms with Crippen molar-refractivity contribution < 1.29 is 26.3 Å². The number of hydrogen-bond acceptors (Lipinski definition) is 1. The van der Waals surface area contributed by atoms with Crippen molar-refractivity contribution in [2.45, 2.75) is 20.0 Å². The van der Waals surface area contributed by atoms with Crippen LogP contribution in [0.5, 0.6) is 0 Å². The van der Waals surface area contributed by atoms with Gasteiger partial charge in [-0.3, -0.25) is 4.79 Å². The number of pyridine rings is 1. The Hall–Kier alpha value is -3.76. The Kier molecular flexibility index (Phi) is 6.23. The Morgan fingerprint density at radius 3 is 2.31 bits per heavy atom. The largest absolute Gasteiger partial charge is 1.00 e. The van der Waals surface area contributed by atoms with E-state index in [1.165, 1.54) is 27.4 Å². The SMILES string of the molecule is Cc1c2c(cc[n+]1CC(=O)c1ccc3ccccc3c1)c1ccccc1n2Cc1ccccc1.[Br-]. The summed E-state index contributed by atoms with van der Waals surface area (Å²) in [5, 5.41) is 4.70. The van der Waals surface area contributed by atoms with Gasteiger partial charge < -0.3 is 21.5 Å². The molecule has 0 aliphatic rings. The molecule has 6 aromatic rings. The fraction of sp³-hybridized carbons (Fsp3) is 0.0968. The van der Waals surface area contributed by atoms with Gasteiger partial charge in [-0.15, -0.1) is 0 Å². The second-order valence-electron chi connectivity index (χ2n) is 8.87. The minimum atomic E-state index is 0. The molecule has 4 aromatic carbocycles. The molecule has 0 fully saturated rings. The smallest absolute Gasteiger partial charge is 0.227 e. The van der Waals surface area contributed by atoms with Gasteiger partial charge in [-0.2, -0.15) is 4.57 Å². The van der Waals surface area contributed by atoms with E-state index in [1.807, 2.05) is 36.4 Å². The van der Waals surface area contributed by atoms with Crippen LogP contribution >= 0.6 is 0 Å². The van der Waals surface area contributed by atoms with Crippen LogP contribution in [-0.4, -0.2) is 10.4 Å². The third-order valence-corrected chi connectivity index (χ3v) is 6.77. The minimum Gasteiger partial charge on any atom is -1.00 e. The fourth-order valence-electron chi connectivity index (χ4n) is 5.01. The molecule has 0 bridgehead atoms. The molecule has 0 spiro atoms. The van der Waals surface area contributed by atoms with E-state index in [-0.39, 0.29) is 22.8 Å². The Labute approximate surface area is 215 Å². The molecule has 0 aliphatic heterocycles. The van der Waals surface area contributed by atoms with Gasteiger partial charge in [0.2, 0.25) is 18.0 Å². The zero-order valence-electron chi connectivity index (χ0n) is 19.5. The predicted octanol–water partition coefficient (Wildman–Crippen LogP) is 3.48. The molecule has 0 saturated heterocycles. The van der Waals surface area contributed by atoms with Crippen LogP contribution in [0.25, 0.3) is 32.6 Å². The Balaban J connectivity index is 0.00000253. The number of halogens is 1. The molecule has 0 N–H and O–H groups in total. The van der Waals surface area contributed by atoms with Gasteiger partial charge in [-0.1, -0.05) is 84.9 Å². The predicted molar refractivity (Wildman–Crippen MR) is 138 cm³/mol. The first-order chi connectivity index (χ1) is 16.7. The number of aryl methyl sites for hydroxylation is 1. The highest BCUT2D eigenvalue weighted by Crippen LogP contribution is 2.30. The first kappa shape index (κ1) is 23.0. The third kappa shape index (κ3) is 4.15. The van der Waals surface area contributed by atoms with Crippen LogP contribution in [0.1, 0.15) is 21.6 Å². The molecule has 0 amide bonds. The van der Waals surface area contributed by atoms with Crippen LogP contribution in [0.15, 0.2) is 109 Å². The number of aromatic nitrogens is 2. The quantitative estimate of drug-likeness (QED) is 0.252. The average Bonchev–Trinajstić information content (AvgIpc) is 3.20. The second kappa shape index (κ2) is 9.47. The summed E-state index contributed by atoms with van der Waals surface area (Å²) in [6, 6.07) is 35.4. The molecule has 2 aromatic heterocycles. The van der Waals surface area contributed by atoms with Gasteiger partial charge in [-0.05, 0) is 28.5 Å². The zero-order valence-corrected chi connectivity index (χ0v) is 21.1. The van der Waals surface area contributed by atoms with Crippen LogP contribution in [0.4, 0.5) is 0 Å². The van der Waals surface area contributed by atoms with Crippen molar-refractivity contribution in [3.63, 3.8) is 0 Å². The monoisotopic (exact) mass is 520 g/mol. The molecule has 4 heteroatoms. The highest BCUT2D eigenvalue weighted by atomic mass is 79.9. The summed E-state index contributed by atoms with van der Waals surface area (Å²) in [4.78, 5) is 13.3. The number of nitrogens with zero attached hydrogens (tertiary/aromatic N) is 2. The molecule has 6 rings (SSSR count). The molecule has 172 valence electrons. The van der Waals surface area contributed by atoms with E-state index in [9.17, 15) is 4.79 Å². The number of ketones is 1. The van der Waals surface area contributed by atoms with Crippen molar-refractivity contribution >= 4 is 38.4 Å². The number of para-hydroxylation sites is 1. The molecule has 0 saturated carbocycles. The lowest BCUT2D eigenvalue weighted by Crippen LogP contribution is -3.00. The summed E-state index contributed by atoms with van der Waals surface area (Å²) in [5.74, 6) is 0.115. The standard InChI is InChI=1S/C31H25N2O.BrH/c1-22-31-28(27-13-7-8-14-29(27)33(31)20-23-9-3-2-4-10-23)17-18-32(22)21-30(34)26-16-15-24-11-5-6-12-25(24)19-26;/h2-19H,20-21H2,1H3;1H/q+1;/p-1. The summed E-state index contributed by atoms with van der Waals surface area (Å²) in [7, 11) is 0. The van der Waals surface area contributed by atoms with Crippen molar-refractivity contribution in [3.8, 4) is 0 Å². The van der Waals surface area contributed by atoms with E-state index in [2.05, 4.69) is 89.0 Å². The number of benzene rings is 4. The van der Waals surface area contributed by atoms with Crippen LogP contribution in [-0.2, 0) is 13.1 Å². The second-order valence-corrected chi connectivity index (χ2v) is 8.87. The lowest BCUT2D eigenvalue weighted by atomic mass is 10.0. The van der Waals surface area contributed by atoms with Crippen molar-refractivity contribution in [2.24, 2.45) is 0 Å². The Morgan fingerprint density at radius 1 is 0.771 bits per heavy atom. The molecule has 0 aliphatic carbocycles. The van der Waals surface area contributed by atoms with E-state index in [0.717, 1.165) is 28.6 Å². The molecule has 35 heavy (non-hydrogen) atoms. The number of rotatable bonds is 5. The van der Waals surface area contributed by atoms with Crippen molar-refractivity contribution in [2.75, 3.05) is 0 Å². The molecular weight excluding hydrogens is 496 g/mol. The number of hydrogen-bond donors (Lipinski definition) is 0. The van der Waals surface area contributed by atoms with Crippen LogP contribution < -0.4 is 21.5 Å². The summed E-state index contributed by atoms with van der Waals surface area (Å²) in [5.41, 5.74) is 5.49. The first-order valence-electron chi connectivity index (χ1n) is 11.6. The average molecular weight is 521 g/mol. The van der Waals surface area contributed by atoms with Gasteiger partial charge in [-0.25, -0.2) is 0 Å². The van der Waals surface area contributed by atoms with Gasteiger partial charge >= 0.3 is 0 Å². The first-order valence-corrected chi connectivity index (χ1v) is 11.6. The van der Waals surface area contributed by atoms with Crippen LogP contribution in [0, 0.1) is 6.92 Å². The van der Waals surface area contributed by atoms with Gasteiger partial charge in [0.25, 0.3) is 0 Å². The summed E-state index contributed by atoms with van der Waals surface area (Å²) in [6.07, 6.45) is 2.05. The van der Waals surface area contributed by atoms with Gasteiger partial charge in [0.05, 0.1) is 0 Å². The zero-order chi connectivity index (χ0) is 23.1. The summed E-state index contributed by atoms with van der Waals surface area (Å²) < 4.78 is 4.46. The van der Waals surface area contributed by atoms with Crippen molar-refractivity contribution in [1.82, 2.24) is 4.57 Å². The fourth-order valence-corrected chi connectivity index (χ4v) is 5.01. The number of fused-ring (bicyclic) bond motifs is 4. The maximum Gasteiger partial charge on any atom is 0.227 e. The maximum absolute atomic E-state index is 13.3. The van der Waals surface area contributed by atoms with E-state index in [4.69, 9.17) is 0 Å². The van der Waals surface area contributed by atoms with Crippen LogP contribution in [0.3, 0.4) is 0 Å². The molecule has 0 radical (unpaired) electrons. The highest BCUT2D eigenvalue weighted by Gasteiger charge is 2.22. The number of carbonyl (C=O) groups excluding carboxylic acids is 1. The van der Waals surface area contributed by atoms with Crippen LogP contribution in [0.2, 0.25) is 0 Å². The Bertz CT molecular complexity index is 1690. The molecule has 3 nitrogen and oxygen atoms in total. The van der Waals surface area contributed by atoms with Crippen molar-refractivity contribution in [1.29, 1.82) is 0 Å². The van der Waals surface area contributed by atoms with E-state index in [1.54, 1.807) is 0 Å². The van der Waals surface area contributed by atoms with Gasteiger partial charge in [0.15, 0.2) is 6.20 Å². The molecular formula is C31H25BrN2O. The number of carbonyl (C=O) groups is 1. The maximum atomic E-state index is 13.3. The summed E-state index contributed by atoms with van der Waals surface area (Å²) >= 11 is 0. The normalized spacial score (nSPS) is 11.1. The minimum absolute atomic E-state index is 0. The molecule has 0 unspecified atom stereocenters. The third-order valence-electron chi connectivity index (χ3n) is 6.77. The molecule has 2 heterocycles. The Morgan fingerprint density at radius 2 is 1.49 bits per heavy atom. The lowest BCUT2D eigenvalue weighted by Gasteiger charge is -2.09. The summed E-state index contributed by atoms with van der Waals surface area (Å²) in [6.45, 7) is 3.22. The topological polar surface area (TPSA) is 25.9 Å². The lowest BCUT2D eigenvalue weighted by molar-refractivity contribution is -0.687. The van der Waals surface area contributed by atoms with Gasteiger partial charge in [0.1, 0.15) is 5.52 Å². The van der Waals surface area contributed by atoms with E-state index >= 15 is 0 Å². The van der Waals surface area contributed by atoms with Crippen molar-refractivity contribution in [3.05, 3.63) is 126 Å². The number of Topliss-reactive ketones (excluding diaryl/α,β-unsaturated/α-hetero) is 1.